The van der Waals surface area contributed by atoms with Crippen molar-refractivity contribution < 1.29 is 4.74 Å². The van der Waals surface area contributed by atoms with E-state index in [0.29, 0.717) is 30.0 Å². The summed E-state index contributed by atoms with van der Waals surface area (Å²) in [6.45, 7) is 4.07. The Kier molecular flexibility index (Phi) is 8.10. The highest BCUT2D eigenvalue weighted by molar-refractivity contribution is 14.0. The molecular formula is C16H21ClIN7O. The summed E-state index contributed by atoms with van der Waals surface area (Å²) in [6.07, 6.45) is 5.05. The summed E-state index contributed by atoms with van der Waals surface area (Å²) in [6, 6.07) is 5.27. The van der Waals surface area contributed by atoms with E-state index in [0.717, 1.165) is 32.1 Å². The van der Waals surface area contributed by atoms with Gasteiger partial charge in [-0.05, 0) is 12.1 Å². The number of nitrogens with zero attached hydrogens (tertiary/aromatic N) is 6. The molecule has 10 heteroatoms. The molecule has 0 amide bonds. The van der Waals surface area contributed by atoms with Crippen molar-refractivity contribution in [3.8, 4) is 5.88 Å². The fourth-order valence-corrected chi connectivity index (χ4v) is 2.56. The first kappa shape index (κ1) is 20.4. The van der Waals surface area contributed by atoms with Crippen molar-refractivity contribution in [3.05, 3.63) is 41.8 Å². The highest BCUT2D eigenvalue weighted by Crippen LogP contribution is 2.11. The van der Waals surface area contributed by atoms with Crippen LogP contribution >= 0.6 is 35.6 Å². The normalized spacial score (nSPS) is 14.7. The third-order valence-corrected chi connectivity index (χ3v) is 3.98. The summed E-state index contributed by atoms with van der Waals surface area (Å²) in [7, 11) is 0. The van der Waals surface area contributed by atoms with Gasteiger partial charge in [0.2, 0.25) is 11.8 Å². The molecule has 8 nitrogen and oxygen atoms in total. The molecule has 1 aliphatic heterocycles. The quantitative estimate of drug-likeness (QED) is 0.295. The van der Waals surface area contributed by atoms with Crippen LogP contribution in [0.4, 0.5) is 5.95 Å². The topological polar surface area (TPSA) is 92.8 Å². The van der Waals surface area contributed by atoms with Gasteiger partial charge in [0.05, 0.1) is 11.6 Å². The molecule has 0 radical (unpaired) electrons. The summed E-state index contributed by atoms with van der Waals surface area (Å²) in [5, 5.41) is 0.578. The first-order chi connectivity index (χ1) is 12.2. The van der Waals surface area contributed by atoms with E-state index < -0.39 is 0 Å². The van der Waals surface area contributed by atoms with Crippen LogP contribution in [0.25, 0.3) is 0 Å². The highest BCUT2D eigenvalue weighted by atomic mass is 127. The number of rotatable bonds is 5. The first-order valence-electron chi connectivity index (χ1n) is 8.03. The molecule has 0 saturated carbocycles. The Bertz CT molecular complexity index is 694. The fraction of sp³-hybridized carbons (Fsp3) is 0.375. The molecule has 3 rings (SSSR count). The molecule has 140 valence electrons. The Morgan fingerprint density at radius 2 is 1.88 bits per heavy atom. The molecule has 0 spiro atoms. The third-order valence-electron chi connectivity index (χ3n) is 3.75. The molecule has 1 saturated heterocycles. The highest BCUT2D eigenvalue weighted by Gasteiger charge is 2.19. The number of halogens is 2. The number of piperazine rings is 1. The van der Waals surface area contributed by atoms with E-state index in [1.807, 2.05) is 6.07 Å². The van der Waals surface area contributed by atoms with Crippen LogP contribution in [-0.2, 0) is 0 Å². The van der Waals surface area contributed by atoms with Gasteiger partial charge in [-0.2, -0.15) is 0 Å². The lowest BCUT2D eigenvalue weighted by Crippen LogP contribution is -2.51. The number of pyridine rings is 1. The molecule has 0 atom stereocenters. The van der Waals surface area contributed by atoms with Gasteiger partial charge in [0.25, 0.3) is 0 Å². The van der Waals surface area contributed by atoms with Gasteiger partial charge in [0, 0.05) is 50.8 Å². The van der Waals surface area contributed by atoms with Crippen molar-refractivity contribution in [3.63, 3.8) is 0 Å². The van der Waals surface area contributed by atoms with Crippen molar-refractivity contribution >= 4 is 47.5 Å². The van der Waals surface area contributed by atoms with E-state index in [4.69, 9.17) is 22.1 Å². The number of aliphatic imine (C=N–C) groups is 1. The second kappa shape index (κ2) is 10.3. The zero-order valence-electron chi connectivity index (χ0n) is 14.2. The van der Waals surface area contributed by atoms with E-state index in [2.05, 4.69) is 29.7 Å². The number of aromatic nitrogens is 3. The second-order valence-corrected chi connectivity index (χ2v) is 5.86. The molecule has 2 aromatic heterocycles. The molecule has 1 fully saturated rings. The Morgan fingerprint density at radius 1 is 1.15 bits per heavy atom. The van der Waals surface area contributed by atoms with Crippen LogP contribution in [-0.4, -0.2) is 65.1 Å². The fourth-order valence-electron chi connectivity index (χ4n) is 2.45. The van der Waals surface area contributed by atoms with E-state index in [-0.39, 0.29) is 24.0 Å². The van der Waals surface area contributed by atoms with Gasteiger partial charge in [-0.15, -0.1) is 24.0 Å². The SMILES string of the molecule is I.NC(=NCCOc1ccc(Cl)cn1)N1CCN(c2ncccn2)CC1. The number of ether oxygens (including phenoxy) is 1. The van der Waals surface area contributed by atoms with Crippen molar-refractivity contribution in [2.45, 2.75) is 0 Å². The van der Waals surface area contributed by atoms with Crippen LogP contribution < -0.4 is 15.4 Å². The van der Waals surface area contributed by atoms with Gasteiger partial charge in [0.1, 0.15) is 6.61 Å². The van der Waals surface area contributed by atoms with Crippen LogP contribution in [0.1, 0.15) is 0 Å². The number of hydrogen-bond donors (Lipinski definition) is 1. The van der Waals surface area contributed by atoms with Crippen molar-refractivity contribution in [2.24, 2.45) is 10.7 Å². The van der Waals surface area contributed by atoms with Gasteiger partial charge in [-0.1, -0.05) is 11.6 Å². The van der Waals surface area contributed by atoms with Crippen molar-refractivity contribution in [1.82, 2.24) is 19.9 Å². The molecule has 0 unspecified atom stereocenters. The van der Waals surface area contributed by atoms with E-state index in [9.17, 15) is 0 Å². The molecule has 2 N–H and O–H groups in total. The minimum absolute atomic E-state index is 0. The standard InChI is InChI=1S/C16H20ClN7O.HI/c17-13-2-3-14(22-12-13)25-11-6-19-15(18)23-7-9-24(10-8-23)16-20-4-1-5-21-16;/h1-5,12H,6-11H2,(H2,18,19);1H. The Hall–Kier alpha value is -1.88. The van der Waals surface area contributed by atoms with Crippen molar-refractivity contribution in [1.29, 1.82) is 0 Å². The second-order valence-electron chi connectivity index (χ2n) is 5.43. The zero-order chi connectivity index (χ0) is 17.5. The predicted molar refractivity (Wildman–Crippen MR) is 112 cm³/mol. The Balaban J connectivity index is 0.00000243. The van der Waals surface area contributed by atoms with E-state index in [1.54, 1.807) is 30.7 Å². The van der Waals surface area contributed by atoms with Gasteiger partial charge in [-0.25, -0.2) is 19.9 Å². The molecule has 0 aliphatic carbocycles. The van der Waals surface area contributed by atoms with E-state index >= 15 is 0 Å². The average molecular weight is 490 g/mol. The summed E-state index contributed by atoms with van der Waals surface area (Å²) >= 11 is 5.78. The van der Waals surface area contributed by atoms with Gasteiger partial charge in [-0.3, -0.25) is 0 Å². The maximum absolute atomic E-state index is 6.07. The van der Waals surface area contributed by atoms with Crippen LogP contribution in [0, 0.1) is 0 Å². The van der Waals surface area contributed by atoms with Crippen LogP contribution in [0.2, 0.25) is 5.02 Å². The Morgan fingerprint density at radius 3 is 2.54 bits per heavy atom. The maximum atomic E-state index is 6.07. The maximum Gasteiger partial charge on any atom is 0.225 e. The molecule has 3 heterocycles. The minimum atomic E-state index is 0. The molecule has 1 aliphatic rings. The summed E-state index contributed by atoms with van der Waals surface area (Å²) in [4.78, 5) is 21.2. The van der Waals surface area contributed by atoms with Crippen LogP contribution in [0.5, 0.6) is 5.88 Å². The molecule has 2 aromatic rings. The lowest BCUT2D eigenvalue weighted by atomic mass is 10.3. The molecule has 0 bridgehead atoms. The van der Waals surface area contributed by atoms with Gasteiger partial charge >= 0.3 is 0 Å². The smallest absolute Gasteiger partial charge is 0.225 e. The van der Waals surface area contributed by atoms with Crippen molar-refractivity contribution in [2.75, 3.05) is 44.2 Å². The number of hydrogen-bond acceptors (Lipinski definition) is 6. The first-order valence-corrected chi connectivity index (χ1v) is 8.41. The monoisotopic (exact) mass is 489 g/mol. The summed E-state index contributed by atoms with van der Waals surface area (Å²) in [5.74, 6) is 1.80. The zero-order valence-corrected chi connectivity index (χ0v) is 17.2. The molecule has 26 heavy (non-hydrogen) atoms. The summed E-state index contributed by atoms with van der Waals surface area (Å²) in [5.41, 5.74) is 6.07. The lowest BCUT2D eigenvalue weighted by molar-refractivity contribution is 0.314. The molecular weight excluding hydrogens is 469 g/mol. The summed E-state index contributed by atoms with van der Waals surface area (Å²) < 4.78 is 5.50. The third kappa shape index (κ3) is 5.84. The average Bonchev–Trinajstić information content (AvgIpc) is 2.67. The van der Waals surface area contributed by atoms with Gasteiger partial charge < -0.3 is 20.3 Å². The Labute approximate surface area is 174 Å². The lowest BCUT2D eigenvalue weighted by Gasteiger charge is -2.35. The number of nitrogens with two attached hydrogens (primary N) is 1. The number of guanidine groups is 1. The van der Waals surface area contributed by atoms with Crippen LogP contribution in [0.3, 0.4) is 0 Å². The van der Waals surface area contributed by atoms with Gasteiger partial charge in [0.15, 0.2) is 5.96 Å². The predicted octanol–water partition coefficient (Wildman–Crippen LogP) is 1.66. The van der Waals surface area contributed by atoms with E-state index in [1.165, 1.54) is 0 Å². The largest absolute Gasteiger partial charge is 0.476 e. The number of anilines is 1. The minimum Gasteiger partial charge on any atom is -0.476 e. The van der Waals surface area contributed by atoms with Crippen LogP contribution in [0.15, 0.2) is 41.8 Å². The molecule has 0 aromatic carbocycles.